The van der Waals surface area contributed by atoms with Gasteiger partial charge in [0, 0.05) is 12.5 Å². The SMILES string of the molecule is NCC(NC(=O)C1CC1)c1ccc2ccccc2c1. The van der Waals surface area contributed by atoms with Crippen LogP contribution in [0.3, 0.4) is 0 Å². The number of nitrogens with one attached hydrogen (secondary N) is 1. The van der Waals surface area contributed by atoms with E-state index in [-0.39, 0.29) is 17.9 Å². The van der Waals surface area contributed by atoms with Crippen molar-refractivity contribution in [1.29, 1.82) is 0 Å². The van der Waals surface area contributed by atoms with Gasteiger partial charge in [0.2, 0.25) is 5.91 Å². The lowest BCUT2D eigenvalue weighted by Crippen LogP contribution is -2.34. The number of hydrogen-bond donors (Lipinski definition) is 2. The van der Waals surface area contributed by atoms with Gasteiger partial charge in [-0.15, -0.1) is 0 Å². The molecular weight excluding hydrogens is 236 g/mol. The van der Waals surface area contributed by atoms with Crippen molar-refractivity contribution < 1.29 is 4.79 Å². The fourth-order valence-electron chi connectivity index (χ4n) is 2.34. The predicted octanol–water partition coefficient (Wildman–Crippen LogP) is 2.37. The normalized spacial score (nSPS) is 16.3. The van der Waals surface area contributed by atoms with Gasteiger partial charge in [0.1, 0.15) is 0 Å². The maximum absolute atomic E-state index is 11.8. The van der Waals surface area contributed by atoms with E-state index in [2.05, 4.69) is 29.6 Å². The molecule has 1 atom stereocenters. The first-order valence-electron chi connectivity index (χ1n) is 6.77. The Morgan fingerprint density at radius 1 is 1.21 bits per heavy atom. The number of nitrogens with two attached hydrogens (primary N) is 1. The van der Waals surface area contributed by atoms with Gasteiger partial charge in [0.15, 0.2) is 0 Å². The van der Waals surface area contributed by atoms with E-state index in [0.717, 1.165) is 18.4 Å². The summed E-state index contributed by atoms with van der Waals surface area (Å²) in [6.07, 6.45) is 2.03. The molecule has 1 aliphatic rings. The molecule has 0 aromatic heterocycles. The molecule has 0 radical (unpaired) electrons. The summed E-state index contributed by atoms with van der Waals surface area (Å²) in [5.74, 6) is 0.359. The lowest BCUT2D eigenvalue weighted by atomic mass is 10.0. The molecule has 3 nitrogen and oxygen atoms in total. The third-order valence-corrected chi connectivity index (χ3v) is 3.68. The minimum atomic E-state index is -0.0855. The van der Waals surface area contributed by atoms with Crippen molar-refractivity contribution in [2.45, 2.75) is 18.9 Å². The molecule has 1 fully saturated rings. The number of hydrogen-bond acceptors (Lipinski definition) is 2. The Morgan fingerprint density at radius 3 is 2.63 bits per heavy atom. The zero-order valence-corrected chi connectivity index (χ0v) is 10.8. The predicted molar refractivity (Wildman–Crippen MR) is 76.6 cm³/mol. The van der Waals surface area contributed by atoms with Gasteiger partial charge in [0.25, 0.3) is 0 Å². The Labute approximate surface area is 112 Å². The number of benzene rings is 2. The van der Waals surface area contributed by atoms with Gasteiger partial charge in [-0.25, -0.2) is 0 Å². The second kappa shape index (κ2) is 5.02. The fourth-order valence-corrected chi connectivity index (χ4v) is 2.34. The zero-order chi connectivity index (χ0) is 13.2. The number of carbonyl (C=O) groups is 1. The highest BCUT2D eigenvalue weighted by Crippen LogP contribution is 2.30. The van der Waals surface area contributed by atoms with Gasteiger partial charge >= 0.3 is 0 Å². The molecule has 19 heavy (non-hydrogen) atoms. The molecule has 0 spiro atoms. The van der Waals surface area contributed by atoms with E-state index in [9.17, 15) is 4.79 Å². The monoisotopic (exact) mass is 254 g/mol. The number of fused-ring (bicyclic) bond motifs is 1. The van der Waals surface area contributed by atoms with Crippen LogP contribution in [0.1, 0.15) is 24.4 Å². The summed E-state index contributed by atoms with van der Waals surface area (Å²) in [5.41, 5.74) is 6.88. The molecule has 2 aromatic carbocycles. The Balaban J connectivity index is 1.85. The summed E-state index contributed by atoms with van der Waals surface area (Å²) in [7, 11) is 0. The van der Waals surface area contributed by atoms with Crippen molar-refractivity contribution in [3.05, 3.63) is 48.0 Å². The standard InChI is InChI=1S/C16H18N2O/c17-10-15(18-16(19)12-6-7-12)14-8-5-11-3-1-2-4-13(11)9-14/h1-5,8-9,12,15H,6-7,10,17H2,(H,18,19). The number of amides is 1. The largest absolute Gasteiger partial charge is 0.348 e. The highest BCUT2D eigenvalue weighted by atomic mass is 16.2. The van der Waals surface area contributed by atoms with Crippen LogP contribution in [-0.2, 0) is 4.79 Å². The Bertz CT molecular complexity index is 604. The molecule has 1 unspecified atom stereocenters. The molecular formula is C16H18N2O. The zero-order valence-electron chi connectivity index (χ0n) is 10.8. The molecule has 0 bridgehead atoms. The van der Waals surface area contributed by atoms with Gasteiger partial charge in [0.05, 0.1) is 6.04 Å². The van der Waals surface area contributed by atoms with Crippen LogP contribution < -0.4 is 11.1 Å². The Kier molecular flexibility index (Phi) is 3.22. The molecule has 3 rings (SSSR count). The molecule has 3 N–H and O–H groups in total. The van der Waals surface area contributed by atoms with E-state index < -0.39 is 0 Å². The second-order valence-electron chi connectivity index (χ2n) is 5.18. The first-order valence-corrected chi connectivity index (χ1v) is 6.77. The minimum Gasteiger partial charge on any atom is -0.348 e. The quantitative estimate of drug-likeness (QED) is 0.880. The average molecular weight is 254 g/mol. The van der Waals surface area contributed by atoms with Crippen molar-refractivity contribution in [2.24, 2.45) is 11.7 Å². The van der Waals surface area contributed by atoms with E-state index in [1.807, 2.05) is 18.2 Å². The van der Waals surface area contributed by atoms with Crippen molar-refractivity contribution in [3.63, 3.8) is 0 Å². The van der Waals surface area contributed by atoms with Gasteiger partial charge in [-0.1, -0.05) is 36.4 Å². The maximum atomic E-state index is 11.8. The molecule has 98 valence electrons. The fraction of sp³-hybridized carbons (Fsp3) is 0.312. The molecule has 1 amide bonds. The highest BCUT2D eigenvalue weighted by Gasteiger charge is 2.30. The number of carbonyl (C=O) groups excluding carboxylic acids is 1. The summed E-state index contributed by atoms with van der Waals surface area (Å²) >= 11 is 0. The molecule has 0 aliphatic heterocycles. The molecule has 1 aliphatic carbocycles. The van der Waals surface area contributed by atoms with Crippen LogP contribution in [0.25, 0.3) is 10.8 Å². The number of rotatable bonds is 4. The summed E-state index contributed by atoms with van der Waals surface area (Å²) < 4.78 is 0. The van der Waals surface area contributed by atoms with Crippen molar-refractivity contribution in [3.8, 4) is 0 Å². The van der Waals surface area contributed by atoms with Crippen LogP contribution in [0.2, 0.25) is 0 Å². The Hall–Kier alpha value is -1.87. The summed E-state index contributed by atoms with van der Waals surface area (Å²) in [6.45, 7) is 0.427. The topological polar surface area (TPSA) is 55.1 Å². The van der Waals surface area contributed by atoms with E-state index in [4.69, 9.17) is 5.73 Å². The molecule has 3 heteroatoms. The van der Waals surface area contributed by atoms with Gasteiger partial charge in [-0.2, -0.15) is 0 Å². The molecule has 0 heterocycles. The first kappa shape index (κ1) is 12.2. The van der Waals surface area contributed by atoms with Crippen LogP contribution >= 0.6 is 0 Å². The lowest BCUT2D eigenvalue weighted by molar-refractivity contribution is -0.123. The van der Waals surface area contributed by atoms with Crippen LogP contribution in [0.5, 0.6) is 0 Å². The summed E-state index contributed by atoms with van der Waals surface area (Å²) in [4.78, 5) is 11.8. The minimum absolute atomic E-state index is 0.0855. The Morgan fingerprint density at radius 2 is 1.95 bits per heavy atom. The van der Waals surface area contributed by atoms with E-state index in [0.29, 0.717) is 6.54 Å². The van der Waals surface area contributed by atoms with E-state index in [1.54, 1.807) is 0 Å². The third kappa shape index (κ3) is 2.61. The molecule has 1 saturated carbocycles. The first-order chi connectivity index (χ1) is 9.28. The maximum Gasteiger partial charge on any atom is 0.223 e. The van der Waals surface area contributed by atoms with E-state index in [1.165, 1.54) is 10.8 Å². The average Bonchev–Trinajstić information content (AvgIpc) is 3.28. The van der Waals surface area contributed by atoms with Gasteiger partial charge < -0.3 is 11.1 Å². The van der Waals surface area contributed by atoms with Gasteiger partial charge in [-0.3, -0.25) is 4.79 Å². The molecule has 0 saturated heterocycles. The van der Waals surface area contributed by atoms with Crippen LogP contribution in [0.4, 0.5) is 0 Å². The van der Waals surface area contributed by atoms with Crippen molar-refractivity contribution >= 4 is 16.7 Å². The summed E-state index contributed by atoms with van der Waals surface area (Å²) in [6, 6.07) is 14.4. The van der Waals surface area contributed by atoms with E-state index >= 15 is 0 Å². The lowest BCUT2D eigenvalue weighted by Gasteiger charge is -2.17. The van der Waals surface area contributed by atoms with Crippen LogP contribution in [0.15, 0.2) is 42.5 Å². The van der Waals surface area contributed by atoms with Crippen molar-refractivity contribution in [2.75, 3.05) is 6.54 Å². The highest BCUT2D eigenvalue weighted by molar-refractivity contribution is 5.84. The molecule has 2 aromatic rings. The smallest absolute Gasteiger partial charge is 0.223 e. The van der Waals surface area contributed by atoms with Crippen LogP contribution in [-0.4, -0.2) is 12.5 Å². The second-order valence-corrected chi connectivity index (χ2v) is 5.18. The third-order valence-electron chi connectivity index (χ3n) is 3.68. The summed E-state index contributed by atoms with van der Waals surface area (Å²) in [5, 5.41) is 5.43. The van der Waals surface area contributed by atoms with Crippen molar-refractivity contribution in [1.82, 2.24) is 5.32 Å². The van der Waals surface area contributed by atoms with Gasteiger partial charge in [-0.05, 0) is 35.2 Å². The van der Waals surface area contributed by atoms with Crippen LogP contribution in [0, 0.1) is 5.92 Å².